The third kappa shape index (κ3) is 3.07. The Morgan fingerprint density at radius 3 is 2.22 bits per heavy atom. The first-order valence-electron chi connectivity index (χ1n) is 5.56. The number of hydrogen-bond acceptors (Lipinski definition) is 3. The smallest absolute Gasteiger partial charge is 0.337 e. The van der Waals surface area contributed by atoms with Gasteiger partial charge in [0.1, 0.15) is 0 Å². The molecule has 0 aliphatic heterocycles. The Balaban J connectivity index is 2.82. The van der Waals surface area contributed by atoms with Crippen LogP contribution in [0.4, 0.5) is 0 Å². The number of rotatable bonds is 4. The molecule has 5 nitrogen and oxygen atoms in total. The molecule has 0 aromatic heterocycles. The lowest BCUT2D eigenvalue weighted by Crippen LogP contribution is -2.46. The average Bonchev–Trinajstić information content (AvgIpc) is 2.26. The number of nitrogens with one attached hydrogen (secondary N) is 1. The molecule has 1 aromatic carbocycles. The molecular formula is C13H17NO4. The molecule has 3 N–H and O–H groups in total. The van der Waals surface area contributed by atoms with Crippen LogP contribution in [0.3, 0.4) is 0 Å². The van der Waals surface area contributed by atoms with Crippen LogP contribution in [-0.4, -0.2) is 34.2 Å². The molecule has 18 heavy (non-hydrogen) atoms. The van der Waals surface area contributed by atoms with Gasteiger partial charge >= 0.3 is 5.97 Å². The molecule has 5 heteroatoms. The lowest BCUT2D eigenvalue weighted by molar-refractivity contribution is -0.155. The maximum Gasteiger partial charge on any atom is 0.337 e. The summed E-state index contributed by atoms with van der Waals surface area (Å²) in [6.07, 6.45) is 0. The molecule has 0 radical (unpaired) electrons. The zero-order valence-corrected chi connectivity index (χ0v) is 10.7. The fourth-order valence-corrected chi connectivity index (χ4v) is 1.59. The molecule has 1 atom stereocenters. The van der Waals surface area contributed by atoms with Crippen LogP contribution < -0.4 is 5.32 Å². The van der Waals surface area contributed by atoms with Crippen LogP contribution in [0, 0.1) is 13.8 Å². The normalized spacial score (nSPS) is 13.8. The molecule has 1 aromatic rings. The van der Waals surface area contributed by atoms with Crippen molar-refractivity contribution in [3.05, 3.63) is 34.9 Å². The Morgan fingerprint density at radius 1 is 1.28 bits per heavy atom. The van der Waals surface area contributed by atoms with Crippen molar-refractivity contribution in [3.63, 3.8) is 0 Å². The first-order chi connectivity index (χ1) is 8.25. The van der Waals surface area contributed by atoms with E-state index in [4.69, 9.17) is 5.11 Å². The van der Waals surface area contributed by atoms with Gasteiger partial charge in [0, 0.05) is 5.56 Å². The number of aliphatic carboxylic acids is 1. The minimum atomic E-state index is -1.97. The van der Waals surface area contributed by atoms with Crippen molar-refractivity contribution in [1.82, 2.24) is 5.32 Å². The zero-order valence-electron chi connectivity index (χ0n) is 10.7. The largest absolute Gasteiger partial charge is 0.479 e. The molecular weight excluding hydrogens is 234 g/mol. The van der Waals surface area contributed by atoms with Crippen molar-refractivity contribution in [3.8, 4) is 0 Å². The first kappa shape index (κ1) is 14.2. The van der Waals surface area contributed by atoms with Gasteiger partial charge in [-0.2, -0.15) is 0 Å². The highest BCUT2D eigenvalue weighted by Crippen LogP contribution is 2.13. The number of carbonyl (C=O) groups is 2. The Labute approximate surface area is 105 Å². The second-order valence-corrected chi connectivity index (χ2v) is 4.53. The SMILES string of the molecule is Cc1cccc(C)c1C(=O)NCC(C)(O)C(=O)O. The van der Waals surface area contributed by atoms with E-state index in [0.29, 0.717) is 5.56 Å². The predicted molar refractivity (Wildman–Crippen MR) is 66.5 cm³/mol. The number of carbonyl (C=O) groups excluding carboxylic acids is 1. The number of hydrogen-bond donors (Lipinski definition) is 3. The molecule has 0 saturated carbocycles. The molecule has 1 amide bonds. The first-order valence-corrected chi connectivity index (χ1v) is 5.56. The van der Waals surface area contributed by atoms with Crippen LogP contribution in [-0.2, 0) is 4.79 Å². The Kier molecular flexibility index (Phi) is 4.08. The molecule has 0 heterocycles. The number of carboxylic acid groups (broad SMARTS) is 1. The summed E-state index contributed by atoms with van der Waals surface area (Å²) in [7, 11) is 0. The predicted octanol–water partition coefficient (Wildman–Crippen LogP) is 0.869. The Hall–Kier alpha value is -1.88. The highest BCUT2D eigenvalue weighted by Gasteiger charge is 2.30. The summed E-state index contributed by atoms with van der Waals surface area (Å²) in [4.78, 5) is 22.6. The summed E-state index contributed by atoms with van der Waals surface area (Å²) in [6, 6.07) is 5.45. The maximum absolute atomic E-state index is 11.9. The molecule has 1 unspecified atom stereocenters. The van der Waals surface area contributed by atoms with E-state index in [-0.39, 0.29) is 12.5 Å². The highest BCUT2D eigenvalue weighted by molar-refractivity contribution is 5.97. The Bertz CT molecular complexity index is 460. The molecule has 1 rings (SSSR count). The van der Waals surface area contributed by atoms with Crippen molar-refractivity contribution in [2.45, 2.75) is 26.4 Å². The van der Waals surface area contributed by atoms with Gasteiger partial charge in [-0.25, -0.2) is 4.79 Å². The molecule has 0 aliphatic rings. The van der Waals surface area contributed by atoms with E-state index in [0.717, 1.165) is 18.1 Å². The van der Waals surface area contributed by atoms with Gasteiger partial charge in [0.2, 0.25) is 0 Å². The van der Waals surface area contributed by atoms with Crippen molar-refractivity contribution in [2.75, 3.05) is 6.54 Å². The number of aliphatic hydroxyl groups is 1. The average molecular weight is 251 g/mol. The maximum atomic E-state index is 11.9. The number of benzene rings is 1. The van der Waals surface area contributed by atoms with Crippen molar-refractivity contribution in [2.24, 2.45) is 0 Å². The van der Waals surface area contributed by atoms with Crippen LogP contribution in [0.15, 0.2) is 18.2 Å². The summed E-state index contributed by atoms with van der Waals surface area (Å²) in [5.74, 6) is -1.75. The fourth-order valence-electron chi connectivity index (χ4n) is 1.59. The third-order valence-corrected chi connectivity index (χ3v) is 2.76. The van der Waals surface area contributed by atoms with Crippen LogP contribution in [0.1, 0.15) is 28.4 Å². The van der Waals surface area contributed by atoms with Gasteiger partial charge in [-0.1, -0.05) is 18.2 Å². The second-order valence-electron chi connectivity index (χ2n) is 4.53. The third-order valence-electron chi connectivity index (χ3n) is 2.76. The van der Waals surface area contributed by atoms with E-state index in [1.54, 1.807) is 26.0 Å². The summed E-state index contributed by atoms with van der Waals surface area (Å²) in [5, 5.41) is 20.7. The van der Waals surface area contributed by atoms with Crippen LogP contribution >= 0.6 is 0 Å². The van der Waals surface area contributed by atoms with Gasteiger partial charge in [0.15, 0.2) is 5.60 Å². The van der Waals surface area contributed by atoms with Crippen molar-refractivity contribution >= 4 is 11.9 Å². The molecule has 0 bridgehead atoms. The monoisotopic (exact) mass is 251 g/mol. The van der Waals surface area contributed by atoms with E-state index >= 15 is 0 Å². The topological polar surface area (TPSA) is 86.6 Å². The summed E-state index contributed by atoms with van der Waals surface area (Å²) < 4.78 is 0. The zero-order chi connectivity index (χ0) is 13.9. The minimum absolute atomic E-state index is 0.338. The van der Waals surface area contributed by atoms with Gasteiger partial charge < -0.3 is 15.5 Å². The fraction of sp³-hybridized carbons (Fsp3) is 0.385. The summed E-state index contributed by atoms with van der Waals surface area (Å²) in [5.41, 5.74) is 0.162. The minimum Gasteiger partial charge on any atom is -0.479 e. The van der Waals surface area contributed by atoms with Crippen molar-refractivity contribution in [1.29, 1.82) is 0 Å². The molecule has 0 spiro atoms. The lowest BCUT2D eigenvalue weighted by Gasteiger charge is -2.19. The lowest BCUT2D eigenvalue weighted by atomic mass is 10.0. The molecule has 0 aliphatic carbocycles. The molecule has 0 saturated heterocycles. The van der Waals surface area contributed by atoms with Crippen LogP contribution in [0.2, 0.25) is 0 Å². The van der Waals surface area contributed by atoms with Crippen molar-refractivity contribution < 1.29 is 19.8 Å². The van der Waals surface area contributed by atoms with E-state index in [1.807, 2.05) is 6.07 Å². The van der Waals surface area contributed by atoms with Crippen LogP contribution in [0.25, 0.3) is 0 Å². The van der Waals surface area contributed by atoms with Gasteiger partial charge in [-0.05, 0) is 31.9 Å². The van der Waals surface area contributed by atoms with E-state index in [2.05, 4.69) is 5.32 Å². The number of carboxylic acids is 1. The van der Waals surface area contributed by atoms with Gasteiger partial charge in [0.05, 0.1) is 6.54 Å². The second kappa shape index (κ2) is 5.18. The van der Waals surface area contributed by atoms with Gasteiger partial charge in [-0.3, -0.25) is 4.79 Å². The standard InChI is InChI=1S/C13H17NO4/c1-8-5-4-6-9(2)10(8)11(15)14-7-13(3,18)12(16)17/h4-6,18H,7H2,1-3H3,(H,14,15)(H,16,17). The van der Waals surface area contributed by atoms with E-state index < -0.39 is 11.6 Å². The number of amides is 1. The van der Waals surface area contributed by atoms with Gasteiger partial charge in [0.25, 0.3) is 5.91 Å². The van der Waals surface area contributed by atoms with E-state index in [1.165, 1.54) is 0 Å². The Morgan fingerprint density at radius 2 is 1.78 bits per heavy atom. The number of aryl methyl sites for hydroxylation is 2. The molecule has 98 valence electrons. The quantitative estimate of drug-likeness (QED) is 0.741. The summed E-state index contributed by atoms with van der Waals surface area (Å²) in [6.45, 7) is 4.41. The molecule has 0 fully saturated rings. The summed E-state index contributed by atoms with van der Waals surface area (Å²) >= 11 is 0. The van der Waals surface area contributed by atoms with Gasteiger partial charge in [-0.15, -0.1) is 0 Å². The van der Waals surface area contributed by atoms with E-state index in [9.17, 15) is 14.7 Å². The highest BCUT2D eigenvalue weighted by atomic mass is 16.4. The van der Waals surface area contributed by atoms with Crippen LogP contribution in [0.5, 0.6) is 0 Å².